The summed E-state index contributed by atoms with van der Waals surface area (Å²) in [5, 5.41) is 9.93. The number of carbonyl (C=O) groups excluding carboxylic acids is 2. The van der Waals surface area contributed by atoms with Crippen LogP contribution in [0.25, 0.3) is 0 Å². The Hall–Kier alpha value is -2.79. The number of rotatable bonds is 5. The number of hydrogen-bond donors (Lipinski definition) is 3. The first-order valence-electron chi connectivity index (χ1n) is 7.28. The lowest BCUT2D eigenvalue weighted by molar-refractivity contribution is 0.0531. The topological polar surface area (TPSA) is 134 Å². The zero-order chi connectivity index (χ0) is 19.4. The number of aromatic hydroxyl groups is 1. The lowest BCUT2D eigenvalue weighted by Gasteiger charge is -2.01. The molecule has 0 fully saturated rings. The van der Waals surface area contributed by atoms with E-state index in [1.807, 2.05) is 0 Å². The molecule has 26 heavy (non-hydrogen) atoms. The molecule has 11 heteroatoms. The number of ether oxygens (including phenoxy) is 2. The standard InChI is InChI=1S/C15H15N3O6S2/c1-4-24-14(22)9-6(2)8(13(21)23-3)12(26-9)16-5-7-10(19)17-15(25)18-11(7)20/h5H,4H2,1-3H3,(H3,17,18,19,20,25). The highest BCUT2D eigenvalue weighted by atomic mass is 32.1. The van der Waals surface area contributed by atoms with E-state index in [0.29, 0.717) is 5.56 Å². The maximum absolute atomic E-state index is 12.1. The predicted octanol–water partition coefficient (Wildman–Crippen LogP) is 2.22. The van der Waals surface area contributed by atoms with Crippen molar-refractivity contribution >= 4 is 46.7 Å². The largest absolute Gasteiger partial charge is 0.494 e. The Labute approximate surface area is 156 Å². The van der Waals surface area contributed by atoms with Crippen molar-refractivity contribution in [3.05, 3.63) is 36.7 Å². The van der Waals surface area contributed by atoms with Crippen molar-refractivity contribution in [3.63, 3.8) is 0 Å². The molecule has 0 saturated carbocycles. The molecule has 2 rings (SSSR count). The molecular formula is C15H15N3O6S2. The molecule has 3 N–H and O–H groups in total. The zero-order valence-electron chi connectivity index (χ0n) is 14.0. The first-order valence-corrected chi connectivity index (χ1v) is 8.51. The summed E-state index contributed by atoms with van der Waals surface area (Å²) in [6.07, 6.45) is 1.06. The van der Waals surface area contributed by atoms with Crippen LogP contribution in [-0.2, 0) is 9.47 Å². The molecule has 0 amide bonds. The van der Waals surface area contributed by atoms with E-state index < -0.39 is 23.4 Å². The van der Waals surface area contributed by atoms with Crippen LogP contribution in [0.5, 0.6) is 5.88 Å². The van der Waals surface area contributed by atoms with Crippen LogP contribution in [0.15, 0.2) is 9.79 Å². The maximum Gasteiger partial charge on any atom is 0.348 e. The summed E-state index contributed by atoms with van der Waals surface area (Å²) < 4.78 is 9.65. The number of H-pyrrole nitrogens is 2. The molecule has 0 saturated heterocycles. The van der Waals surface area contributed by atoms with Gasteiger partial charge in [-0.3, -0.25) is 9.78 Å². The van der Waals surface area contributed by atoms with Gasteiger partial charge in [0.2, 0.25) is 5.88 Å². The van der Waals surface area contributed by atoms with Gasteiger partial charge in [0.15, 0.2) is 4.77 Å². The molecule has 0 aromatic carbocycles. The highest BCUT2D eigenvalue weighted by Gasteiger charge is 2.25. The van der Waals surface area contributed by atoms with Crippen LogP contribution in [0.2, 0.25) is 0 Å². The molecular weight excluding hydrogens is 382 g/mol. The second kappa shape index (κ2) is 8.06. The van der Waals surface area contributed by atoms with E-state index in [1.54, 1.807) is 13.8 Å². The molecule has 0 spiro atoms. The van der Waals surface area contributed by atoms with Crippen molar-refractivity contribution in [2.24, 2.45) is 4.99 Å². The number of esters is 2. The highest BCUT2D eigenvalue weighted by Crippen LogP contribution is 2.36. The van der Waals surface area contributed by atoms with Gasteiger partial charge in [0.05, 0.1) is 13.7 Å². The van der Waals surface area contributed by atoms with Crippen molar-refractivity contribution in [1.82, 2.24) is 9.97 Å². The Morgan fingerprint density at radius 1 is 1.35 bits per heavy atom. The molecule has 0 aliphatic carbocycles. The van der Waals surface area contributed by atoms with Crippen molar-refractivity contribution in [3.8, 4) is 5.88 Å². The number of nitrogens with zero attached hydrogens (tertiary/aromatic N) is 1. The fourth-order valence-electron chi connectivity index (χ4n) is 2.05. The lowest BCUT2D eigenvalue weighted by atomic mass is 10.1. The predicted molar refractivity (Wildman–Crippen MR) is 97.5 cm³/mol. The molecule has 0 unspecified atom stereocenters. The molecule has 0 bridgehead atoms. The number of nitrogens with one attached hydrogen (secondary N) is 2. The summed E-state index contributed by atoms with van der Waals surface area (Å²) in [6.45, 7) is 3.41. The van der Waals surface area contributed by atoms with E-state index in [9.17, 15) is 19.5 Å². The van der Waals surface area contributed by atoms with Crippen LogP contribution in [0.4, 0.5) is 5.00 Å². The van der Waals surface area contributed by atoms with Gasteiger partial charge in [-0.25, -0.2) is 14.6 Å². The van der Waals surface area contributed by atoms with Crippen molar-refractivity contribution in [2.45, 2.75) is 13.8 Å². The quantitative estimate of drug-likeness (QED) is 0.400. The molecule has 2 aromatic heterocycles. The maximum atomic E-state index is 12.1. The van der Waals surface area contributed by atoms with Gasteiger partial charge in [-0.05, 0) is 31.6 Å². The van der Waals surface area contributed by atoms with Crippen LogP contribution >= 0.6 is 23.6 Å². The second-order valence-corrected chi connectivity index (χ2v) is 6.28. The third-order valence-electron chi connectivity index (χ3n) is 3.25. The lowest BCUT2D eigenvalue weighted by Crippen LogP contribution is -2.13. The van der Waals surface area contributed by atoms with E-state index in [2.05, 4.69) is 15.0 Å². The first kappa shape index (κ1) is 19.5. The van der Waals surface area contributed by atoms with Gasteiger partial charge in [0.25, 0.3) is 5.56 Å². The number of aromatic nitrogens is 2. The van der Waals surface area contributed by atoms with Gasteiger partial charge in [-0.15, -0.1) is 11.3 Å². The molecule has 0 atom stereocenters. The molecule has 138 valence electrons. The summed E-state index contributed by atoms with van der Waals surface area (Å²) in [6, 6.07) is 0. The van der Waals surface area contributed by atoms with Crippen molar-refractivity contribution < 1.29 is 24.2 Å². The third kappa shape index (κ3) is 3.89. The minimum Gasteiger partial charge on any atom is -0.494 e. The third-order valence-corrected chi connectivity index (χ3v) is 4.63. The van der Waals surface area contributed by atoms with E-state index >= 15 is 0 Å². The van der Waals surface area contributed by atoms with Crippen LogP contribution in [-0.4, -0.2) is 46.9 Å². The minimum atomic E-state index is -0.688. The van der Waals surface area contributed by atoms with E-state index in [4.69, 9.17) is 21.7 Å². The van der Waals surface area contributed by atoms with Gasteiger partial charge in [-0.1, -0.05) is 0 Å². The Kier molecular flexibility index (Phi) is 6.05. The number of aliphatic imine (C=N–C) groups is 1. The highest BCUT2D eigenvalue weighted by molar-refractivity contribution is 7.71. The molecule has 0 radical (unpaired) electrons. The zero-order valence-corrected chi connectivity index (χ0v) is 15.7. The fourth-order valence-corrected chi connectivity index (χ4v) is 3.27. The number of methoxy groups -OCH3 is 1. The molecule has 2 aromatic rings. The van der Waals surface area contributed by atoms with Gasteiger partial charge in [0, 0.05) is 6.21 Å². The fraction of sp³-hybridized carbons (Fsp3) is 0.267. The summed E-state index contributed by atoms with van der Waals surface area (Å²) in [5.74, 6) is -1.75. The average Bonchev–Trinajstić information content (AvgIpc) is 2.90. The van der Waals surface area contributed by atoms with Crippen LogP contribution in [0, 0.1) is 11.7 Å². The van der Waals surface area contributed by atoms with Crippen LogP contribution in [0.1, 0.15) is 38.1 Å². The Morgan fingerprint density at radius 2 is 2.04 bits per heavy atom. The van der Waals surface area contributed by atoms with Crippen LogP contribution < -0.4 is 5.56 Å². The smallest absolute Gasteiger partial charge is 0.348 e. The number of aromatic amines is 2. The van der Waals surface area contributed by atoms with Gasteiger partial charge in [-0.2, -0.15) is 0 Å². The molecule has 0 aliphatic heterocycles. The van der Waals surface area contributed by atoms with Crippen molar-refractivity contribution in [2.75, 3.05) is 13.7 Å². The average molecular weight is 397 g/mol. The summed E-state index contributed by atoms with van der Waals surface area (Å²) in [5.41, 5.74) is -0.402. The summed E-state index contributed by atoms with van der Waals surface area (Å²) >= 11 is 5.66. The molecule has 9 nitrogen and oxygen atoms in total. The Morgan fingerprint density at radius 3 is 2.62 bits per heavy atom. The number of thiophene rings is 1. The Bertz CT molecular complexity index is 1000. The first-order chi connectivity index (χ1) is 12.3. The van der Waals surface area contributed by atoms with Gasteiger partial charge >= 0.3 is 11.9 Å². The van der Waals surface area contributed by atoms with Crippen molar-refractivity contribution in [1.29, 1.82) is 0 Å². The SMILES string of the molecule is CCOC(=O)c1sc(N=Cc2c(O)[nH]c(=S)[nH]c2=O)c(C(=O)OC)c1C. The Balaban J connectivity index is 2.57. The number of hydrogen-bond acceptors (Lipinski definition) is 9. The molecule has 0 aliphatic rings. The normalized spacial score (nSPS) is 10.9. The monoisotopic (exact) mass is 397 g/mol. The molecule has 2 heterocycles. The van der Waals surface area contributed by atoms with E-state index in [0.717, 1.165) is 17.6 Å². The number of carbonyl (C=O) groups is 2. The minimum absolute atomic E-state index is 0.0449. The van der Waals surface area contributed by atoms with Crippen LogP contribution in [0.3, 0.4) is 0 Å². The van der Waals surface area contributed by atoms with E-state index in [-0.39, 0.29) is 32.4 Å². The summed E-state index contributed by atoms with van der Waals surface area (Å²) in [7, 11) is 1.20. The summed E-state index contributed by atoms with van der Waals surface area (Å²) in [4.78, 5) is 44.9. The second-order valence-electron chi connectivity index (χ2n) is 4.88. The van der Waals surface area contributed by atoms with Gasteiger partial charge < -0.3 is 19.6 Å². The van der Waals surface area contributed by atoms with E-state index in [1.165, 1.54) is 7.11 Å². The van der Waals surface area contributed by atoms with Gasteiger partial charge in [0.1, 0.15) is 21.0 Å².